The van der Waals surface area contributed by atoms with Gasteiger partial charge in [0.15, 0.2) is 0 Å². The third-order valence-corrected chi connectivity index (χ3v) is 2.99. The van der Waals surface area contributed by atoms with Crippen LogP contribution in [0.5, 0.6) is 0 Å². The molecule has 3 rings (SSSR count). The molecule has 0 aromatic heterocycles. The van der Waals surface area contributed by atoms with Crippen LogP contribution in [-0.4, -0.2) is 19.3 Å². The molecule has 0 aromatic rings. The normalized spacial score (nSPS) is 39.3. The molecule has 0 amide bonds. The molecule has 3 aliphatic heterocycles. The minimum absolute atomic E-state index is 0.622. The van der Waals surface area contributed by atoms with Gasteiger partial charge in [-0.2, -0.15) is 0 Å². The Bertz CT molecular complexity index is 89.0. The fourth-order valence-corrected chi connectivity index (χ4v) is 2.24. The van der Waals surface area contributed by atoms with Gasteiger partial charge in [0.05, 0.1) is 6.17 Å². The van der Waals surface area contributed by atoms with Crippen molar-refractivity contribution >= 4 is 0 Å². The fraction of sp³-hybridized carbons (Fsp3) is 1.00. The minimum Gasteiger partial charge on any atom is -0.302 e. The number of fused-ring (bicyclic) bond motifs is 6. The lowest BCUT2D eigenvalue weighted by molar-refractivity contribution is 0.261. The predicted octanol–water partition coefficient (Wildman–Crippen LogP) is 1.09. The Kier molecular flexibility index (Phi) is 2.44. The van der Waals surface area contributed by atoms with Crippen molar-refractivity contribution in [2.24, 2.45) is 5.92 Å². The monoisotopic (exact) mass is 154 g/mol. The Morgan fingerprint density at radius 1 is 0.818 bits per heavy atom. The van der Waals surface area contributed by atoms with Crippen LogP contribution in [0.4, 0.5) is 0 Å². The summed E-state index contributed by atoms with van der Waals surface area (Å²) in [5.41, 5.74) is 0. The summed E-state index contributed by atoms with van der Waals surface area (Å²) < 4.78 is 0. The van der Waals surface area contributed by atoms with Crippen molar-refractivity contribution in [1.82, 2.24) is 10.6 Å². The number of hydrogen-bond donors (Lipinski definition) is 2. The molecule has 3 heterocycles. The molecule has 0 aromatic carbocycles. The van der Waals surface area contributed by atoms with Crippen LogP contribution in [0.2, 0.25) is 0 Å². The number of rotatable bonds is 0. The zero-order valence-corrected chi connectivity index (χ0v) is 7.10. The average molecular weight is 154 g/mol. The molecule has 0 radical (unpaired) electrons. The van der Waals surface area contributed by atoms with Crippen molar-refractivity contribution in [2.45, 2.75) is 38.3 Å². The lowest BCUT2D eigenvalue weighted by Gasteiger charge is -2.30. The van der Waals surface area contributed by atoms with Gasteiger partial charge in [0.25, 0.3) is 0 Å². The predicted molar refractivity (Wildman–Crippen MR) is 46.4 cm³/mol. The summed E-state index contributed by atoms with van der Waals surface area (Å²) >= 11 is 0. The maximum atomic E-state index is 3.54. The first-order chi connectivity index (χ1) is 5.45. The van der Waals surface area contributed by atoms with Crippen LogP contribution in [0.1, 0.15) is 32.1 Å². The van der Waals surface area contributed by atoms with Crippen molar-refractivity contribution in [3.63, 3.8) is 0 Å². The van der Waals surface area contributed by atoms with Crippen molar-refractivity contribution in [1.29, 1.82) is 0 Å². The van der Waals surface area contributed by atoms with Crippen LogP contribution < -0.4 is 10.6 Å². The molecule has 2 heteroatoms. The van der Waals surface area contributed by atoms with Gasteiger partial charge in [-0.1, -0.05) is 12.8 Å². The van der Waals surface area contributed by atoms with E-state index in [9.17, 15) is 0 Å². The lowest BCUT2D eigenvalue weighted by atomic mass is 9.91. The summed E-state index contributed by atoms with van der Waals surface area (Å²) in [6, 6.07) is 0. The molecular formula is C9H18N2. The van der Waals surface area contributed by atoms with Gasteiger partial charge in [0.1, 0.15) is 0 Å². The van der Waals surface area contributed by atoms with Crippen LogP contribution in [-0.2, 0) is 0 Å². The number of nitrogens with one attached hydrogen (secondary N) is 2. The third-order valence-electron chi connectivity index (χ3n) is 2.99. The first-order valence-corrected chi connectivity index (χ1v) is 4.92. The highest BCUT2D eigenvalue weighted by Gasteiger charge is 2.18. The fourth-order valence-electron chi connectivity index (χ4n) is 2.24. The summed E-state index contributed by atoms with van der Waals surface area (Å²) in [6.07, 6.45) is 7.64. The summed E-state index contributed by atoms with van der Waals surface area (Å²) in [5, 5.41) is 7.08. The lowest BCUT2D eigenvalue weighted by Crippen LogP contribution is -2.47. The molecule has 2 bridgehead atoms. The van der Waals surface area contributed by atoms with E-state index in [0.717, 1.165) is 5.92 Å². The molecule has 2 N–H and O–H groups in total. The van der Waals surface area contributed by atoms with Gasteiger partial charge in [-0.15, -0.1) is 0 Å². The Morgan fingerprint density at radius 2 is 1.55 bits per heavy atom. The minimum atomic E-state index is 0.622. The first kappa shape index (κ1) is 7.56. The highest BCUT2D eigenvalue weighted by molar-refractivity contribution is 4.76. The Hall–Kier alpha value is -0.0800. The Balaban J connectivity index is 1.96. The van der Waals surface area contributed by atoms with Crippen LogP contribution in [0.15, 0.2) is 0 Å². The molecule has 0 atom stereocenters. The summed E-state index contributed by atoms with van der Waals surface area (Å²) in [5.74, 6) is 0.997. The van der Waals surface area contributed by atoms with Gasteiger partial charge in [-0.3, -0.25) is 0 Å². The third kappa shape index (κ3) is 1.94. The summed E-state index contributed by atoms with van der Waals surface area (Å²) in [4.78, 5) is 0. The van der Waals surface area contributed by atoms with Crippen molar-refractivity contribution in [3.8, 4) is 0 Å². The quantitative estimate of drug-likeness (QED) is 0.545. The van der Waals surface area contributed by atoms with E-state index in [4.69, 9.17) is 0 Å². The first-order valence-electron chi connectivity index (χ1n) is 4.92. The van der Waals surface area contributed by atoms with E-state index in [-0.39, 0.29) is 0 Å². The zero-order valence-electron chi connectivity index (χ0n) is 7.10. The molecule has 0 spiro atoms. The molecule has 0 aliphatic carbocycles. The van der Waals surface area contributed by atoms with Gasteiger partial charge in [-0.05, 0) is 38.3 Å². The topological polar surface area (TPSA) is 24.1 Å². The zero-order chi connectivity index (χ0) is 7.52. The van der Waals surface area contributed by atoms with E-state index in [1.54, 1.807) is 0 Å². The SMILES string of the molecule is C1CC2CCNC(C1)NCC2. The van der Waals surface area contributed by atoms with Crippen LogP contribution in [0, 0.1) is 5.92 Å². The van der Waals surface area contributed by atoms with Gasteiger partial charge in [0.2, 0.25) is 0 Å². The molecule has 64 valence electrons. The molecule has 3 aliphatic rings. The molecule has 2 nitrogen and oxygen atoms in total. The molecule has 0 unspecified atom stereocenters. The standard InChI is InChI=1S/C9H18N2/c1-2-8-4-6-10-9(3-1)11-7-5-8/h8-11H,1-7H2. The van der Waals surface area contributed by atoms with Crippen molar-refractivity contribution in [3.05, 3.63) is 0 Å². The van der Waals surface area contributed by atoms with Crippen LogP contribution in [0.3, 0.4) is 0 Å². The van der Waals surface area contributed by atoms with E-state index >= 15 is 0 Å². The molecule has 3 fully saturated rings. The molecular weight excluding hydrogens is 136 g/mol. The number of hydrogen-bond acceptors (Lipinski definition) is 2. The van der Waals surface area contributed by atoms with Gasteiger partial charge in [0, 0.05) is 0 Å². The second-order valence-corrected chi connectivity index (χ2v) is 3.84. The Morgan fingerprint density at radius 3 is 2.27 bits per heavy atom. The molecule has 3 saturated heterocycles. The maximum Gasteiger partial charge on any atom is 0.0571 e. The smallest absolute Gasteiger partial charge is 0.0571 e. The van der Waals surface area contributed by atoms with E-state index in [1.807, 2.05) is 0 Å². The Labute approximate surface area is 68.7 Å². The van der Waals surface area contributed by atoms with Gasteiger partial charge >= 0.3 is 0 Å². The summed E-state index contributed by atoms with van der Waals surface area (Å²) in [6.45, 7) is 2.45. The van der Waals surface area contributed by atoms with E-state index in [2.05, 4.69) is 10.6 Å². The summed E-state index contributed by atoms with van der Waals surface area (Å²) in [7, 11) is 0. The van der Waals surface area contributed by atoms with Crippen molar-refractivity contribution < 1.29 is 0 Å². The maximum absolute atomic E-state index is 3.54. The van der Waals surface area contributed by atoms with Crippen molar-refractivity contribution in [2.75, 3.05) is 13.1 Å². The average Bonchev–Trinajstić information content (AvgIpc) is 1.80. The van der Waals surface area contributed by atoms with E-state index < -0.39 is 0 Å². The second kappa shape index (κ2) is 3.55. The second-order valence-electron chi connectivity index (χ2n) is 3.84. The molecule has 0 saturated carbocycles. The van der Waals surface area contributed by atoms with Gasteiger partial charge in [-0.25, -0.2) is 0 Å². The van der Waals surface area contributed by atoms with E-state index in [0.29, 0.717) is 6.17 Å². The highest BCUT2D eigenvalue weighted by atomic mass is 15.1. The largest absolute Gasteiger partial charge is 0.302 e. The van der Waals surface area contributed by atoms with Gasteiger partial charge < -0.3 is 10.6 Å². The highest BCUT2D eigenvalue weighted by Crippen LogP contribution is 2.21. The van der Waals surface area contributed by atoms with Crippen LogP contribution >= 0.6 is 0 Å². The molecule has 11 heavy (non-hydrogen) atoms. The van der Waals surface area contributed by atoms with Crippen LogP contribution in [0.25, 0.3) is 0 Å². The van der Waals surface area contributed by atoms with E-state index in [1.165, 1.54) is 45.2 Å².